The van der Waals surface area contributed by atoms with Gasteiger partial charge < -0.3 is 5.11 Å². The zero-order chi connectivity index (χ0) is 13.8. The van der Waals surface area contributed by atoms with E-state index in [1.165, 1.54) is 54.2 Å². The van der Waals surface area contributed by atoms with Crippen molar-refractivity contribution in [2.75, 3.05) is 0 Å². The molecule has 3 rings (SSSR count). The molecule has 108 valence electrons. The van der Waals surface area contributed by atoms with Crippen LogP contribution in [0.25, 0.3) is 10.1 Å². The summed E-state index contributed by atoms with van der Waals surface area (Å²) in [6.45, 7) is 0. The zero-order valence-electron chi connectivity index (χ0n) is 12.1. The molecule has 1 aromatic carbocycles. The molecule has 2 aromatic rings. The summed E-state index contributed by atoms with van der Waals surface area (Å²) in [5.41, 5.74) is 1.32. The Bertz CT molecular complexity index is 539. The summed E-state index contributed by atoms with van der Waals surface area (Å²) in [5.74, 6) is 0.873. The average molecular weight is 288 g/mol. The lowest BCUT2D eigenvalue weighted by Gasteiger charge is -2.22. The van der Waals surface area contributed by atoms with Crippen molar-refractivity contribution in [2.45, 2.75) is 57.5 Å². The van der Waals surface area contributed by atoms with E-state index in [-0.39, 0.29) is 6.10 Å². The maximum absolute atomic E-state index is 10.3. The lowest BCUT2D eigenvalue weighted by molar-refractivity contribution is 0.150. The third kappa shape index (κ3) is 3.42. The summed E-state index contributed by atoms with van der Waals surface area (Å²) in [4.78, 5) is 0. The van der Waals surface area contributed by atoms with E-state index < -0.39 is 0 Å². The smallest absolute Gasteiger partial charge is 0.0581 e. The van der Waals surface area contributed by atoms with Crippen LogP contribution in [0, 0.1) is 5.92 Å². The molecule has 1 atom stereocenters. The largest absolute Gasteiger partial charge is 0.393 e. The molecule has 1 nitrogen and oxygen atoms in total. The molecular weight excluding hydrogens is 264 g/mol. The lowest BCUT2D eigenvalue weighted by atomic mass is 9.85. The average Bonchev–Trinajstić information content (AvgIpc) is 2.90. The van der Waals surface area contributed by atoms with Crippen LogP contribution in [-0.4, -0.2) is 11.2 Å². The topological polar surface area (TPSA) is 20.2 Å². The van der Waals surface area contributed by atoms with Crippen LogP contribution >= 0.6 is 11.3 Å². The van der Waals surface area contributed by atoms with Crippen molar-refractivity contribution in [3.05, 3.63) is 35.2 Å². The first-order valence-corrected chi connectivity index (χ1v) is 8.84. The molecule has 1 fully saturated rings. The van der Waals surface area contributed by atoms with Gasteiger partial charge in [0.1, 0.15) is 0 Å². The van der Waals surface area contributed by atoms with E-state index in [0.29, 0.717) is 0 Å². The number of aliphatic hydroxyl groups excluding tert-OH is 1. The standard InChI is InChI=1S/C18H24OS/c19-16(11-10-14-6-2-1-3-7-14)12-15-13-20-18-9-5-4-8-17(15)18/h4-5,8-9,13-14,16,19H,1-3,6-7,10-12H2. The molecule has 0 bridgehead atoms. The Morgan fingerprint density at radius 1 is 1.15 bits per heavy atom. The first-order valence-electron chi connectivity index (χ1n) is 7.96. The number of rotatable bonds is 5. The summed E-state index contributed by atoms with van der Waals surface area (Å²) >= 11 is 1.79. The van der Waals surface area contributed by atoms with Crippen molar-refractivity contribution in [3.8, 4) is 0 Å². The zero-order valence-corrected chi connectivity index (χ0v) is 12.9. The molecule has 0 aliphatic heterocycles. The number of benzene rings is 1. The Labute approximate surface area is 125 Å². The summed E-state index contributed by atoms with van der Waals surface area (Å²) in [6, 6.07) is 8.52. The van der Waals surface area contributed by atoms with E-state index in [0.717, 1.165) is 18.8 Å². The molecule has 1 saturated carbocycles. The Morgan fingerprint density at radius 2 is 1.95 bits per heavy atom. The molecule has 20 heavy (non-hydrogen) atoms. The van der Waals surface area contributed by atoms with Gasteiger partial charge in [-0.1, -0.05) is 50.3 Å². The minimum absolute atomic E-state index is 0.171. The summed E-state index contributed by atoms with van der Waals surface area (Å²) in [7, 11) is 0. The summed E-state index contributed by atoms with van der Waals surface area (Å²) in [6.07, 6.45) is 9.80. The highest BCUT2D eigenvalue weighted by Gasteiger charge is 2.16. The van der Waals surface area contributed by atoms with Crippen molar-refractivity contribution < 1.29 is 5.11 Å². The second-order valence-electron chi connectivity index (χ2n) is 6.20. The van der Waals surface area contributed by atoms with Gasteiger partial charge in [-0.25, -0.2) is 0 Å². The maximum atomic E-state index is 10.3. The van der Waals surface area contributed by atoms with E-state index in [4.69, 9.17) is 0 Å². The Morgan fingerprint density at radius 3 is 2.80 bits per heavy atom. The van der Waals surface area contributed by atoms with Crippen LogP contribution in [0.2, 0.25) is 0 Å². The van der Waals surface area contributed by atoms with E-state index in [1.54, 1.807) is 11.3 Å². The second-order valence-corrected chi connectivity index (χ2v) is 7.11. The molecule has 0 amide bonds. The van der Waals surface area contributed by atoms with Crippen LogP contribution < -0.4 is 0 Å². The van der Waals surface area contributed by atoms with Gasteiger partial charge in [0.2, 0.25) is 0 Å². The van der Waals surface area contributed by atoms with Crippen LogP contribution in [0.3, 0.4) is 0 Å². The monoisotopic (exact) mass is 288 g/mol. The van der Waals surface area contributed by atoms with Gasteiger partial charge >= 0.3 is 0 Å². The lowest BCUT2D eigenvalue weighted by Crippen LogP contribution is -2.14. The van der Waals surface area contributed by atoms with Crippen molar-refractivity contribution in [1.29, 1.82) is 0 Å². The fourth-order valence-electron chi connectivity index (χ4n) is 3.45. The molecule has 0 saturated heterocycles. The molecule has 1 heterocycles. The number of hydrogen-bond donors (Lipinski definition) is 1. The Hall–Kier alpha value is -0.860. The number of fused-ring (bicyclic) bond motifs is 1. The second kappa shape index (κ2) is 6.73. The minimum Gasteiger partial charge on any atom is -0.393 e. The van der Waals surface area contributed by atoms with Crippen LogP contribution in [0.15, 0.2) is 29.6 Å². The number of hydrogen-bond acceptors (Lipinski definition) is 2. The van der Waals surface area contributed by atoms with Crippen LogP contribution in [0.1, 0.15) is 50.5 Å². The molecule has 1 unspecified atom stereocenters. The van der Waals surface area contributed by atoms with Crippen molar-refractivity contribution in [1.82, 2.24) is 0 Å². The van der Waals surface area contributed by atoms with E-state index >= 15 is 0 Å². The van der Waals surface area contributed by atoms with Crippen molar-refractivity contribution >= 4 is 21.4 Å². The summed E-state index contributed by atoms with van der Waals surface area (Å²) < 4.78 is 1.34. The fourth-order valence-corrected chi connectivity index (χ4v) is 4.43. The first kappa shape index (κ1) is 14.1. The van der Waals surface area contributed by atoms with Gasteiger partial charge in [-0.15, -0.1) is 11.3 Å². The number of thiophene rings is 1. The Kier molecular flexibility index (Phi) is 4.74. The molecule has 0 radical (unpaired) electrons. The highest BCUT2D eigenvalue weighted by Crippen LogP contribution is 2.30. The molecule has 1 aliphatic rings. The van der Waals surface area contributed by atoms with Gasteiger partial charge in [-0.05, 0) is 47.6 Å². The predicted octanol–water partition coefficient (Wildman–Crippen LogP) is 5.17. The van der Waals surface area contributed by atoms with Crippen LogP contribution in [-0.2, 0) is 6.42 Å². The van der Waals surface area contributed by atoms with Gasteiger partial charge in [-0.3, -0.25) is 0 Å². The number of aliphatic hydroxyl groups is 1. The molecule has 1 aliphatic carbocycles. The van der Waals surface area contributed by atoms with Gasteiger partial charge in [0, 0.05) is 4.70 Å². The normalized spacial score (nSPS) is 18.4. The van der Waals surface area contributed by atoms with Crippen LogP contribution in [0.4, 0.5) is 0 Å². The third-order valence-electron chi connectivity index (χ3n) is 4.65. The van der Waals surface area contributed by atoms with E-state index in [2.05, 4.69) is 29.6 Å². The SMILES string of the molecule is OC(CCC1CCCCC1)Cc1csc2ccccc12. The third-order valence-corrected chi connectivity index (χ3v) is 5.66. The predicted molar refractivity (Wildman–Crippen MR) is 87.3 cm³/mol. The van der Waals surface area contributed by atoms with Gasteiger partial charge in [-0.2, -0.15) is 0 Å². The van der Waals surface area contributed by atoms with Gasteiger partial charge in [0.25, 0.3) is 0 Å². The van der Waals surface area contributed by atoms with Gasteiger partial charge in [0.15, 0.2) is 0 Å². The van der Waals surface area contributed by atoms with Crippen LogP contribution in [0.5, 0.6) is 0 Å². The summed E-state index contributed by atoms with van der Waals surface area (Å²) in [5, 5.41) is 13.9. The first-order chi connectivity index (χ1) is 9.83. The highest BCUT2D eigenvalue weighted by molar-refractivity contribution is 7.17. The fraction of sp³-hybridized carbons (Fsp3) is 0.556. The molecular formula is C18H24OS. The highest BCUT2D eigenvalue weighted by atomic mass is 32.1. The molecule has 1 N–H and O–H groups in total. The molecule has 1 aromatic heterocycles. The minimum atomic E-state index is -0.171. The Balaban J connectivity index is 1.54. The maximum Gasteiger partial charge on any atom is 0.0581 e. The molecule has 2 heteroatoms. The molecule has 0 spiro atoms. The quantitative estimate of drug-likeness (QED) is 0.805. The van der Waals surface area contributed by atoms with Crippen molar-refractivity contribution in [2.24, 2.45) is 5.92 Å². The van der Waals surface area contributed by atoms with E-state index in [9.17, 15) is 5.11 Å². The van der Waals surface area contributed by atoms with E-state index in [1.807, 2.05) is 0 Å². The van der Waals surface area contributed by atoms with Gasteiger partial charge in [0.05, 0.1) is 6.10 Å². The van der Waals surface area contributed by atoms with Crippen molar-refractivity contribution in [3.63, 3.8) is 0 Å².